The number of carbonyl (C=O) groups excluding carboxylic acids is 2. The normalized spacial score (nSPS) is 13.7. The lowest BCUT2D eigenvalue weighted by molar-refractivity contribution is -0.870. The lowest BCUT2D eigenvalue weighted by atomic mass is 10.0. The fourth-order valence-electron chi connectivity index (χ4n) is 8.45. The highest BCUT2D eigenvalue weighted by atomic mass is 31.2. The molecule has 0 aromatic rings. The number of quaternary nitrogens is 1. The van der Waals surface area contributed by atoms with Gasteiger partial charge in [-0.05, 0) is 57.8 Å². The molecule has 0 aromatic carbocycles. The minimum Gasteiger partial charge on any atom is -0.756 e. The lowest BCUT2D eigenvalue weighted by Crippen LogP contribution is -2.37. The van der Waals surface area contributed by atoms with Gasteiger partial charge in [-0.2, -0.15) is 0 Å². The second-order valence-corrected chi connectivity index (χ2v) is 22.8. The van der Waals surface area contributed by atoms with Gasteiger partial charge in [0.15, 0.2) is 6.10 Å². The van der Waals surface area contributed by atoms with E-state index in [1.807, 2.05) is 21.1 Å². The van der Waals surface area contributed by atoms with Gasteiger partial charge in [-0.15, -0.1) is 0 Å². The number of allylic oxidation sites excluding steroid dienone is 10. The summed E-state index contributed by atoms with van der Waals surface area (Å²) in [7, 11) is 1.16. The maximum Gasteiger partial charge on any atom is 0.306 e. The minimum atomic E-state index is -4.64. The molecular formula is C62H114NO8P. The van der Waals surface area contributed by atoms with Crippen molar-refractivity contribution >= 4 is 19.8 Å². The summed E-state index contributed by atoms with van der Waals surface area (Å²) in [5, 5.41) is 0. The predicted molar refractivity (Wildman–Crippen MR) is 305 cm³/mol. The highest BCUT2D eigenvalue weighted by molar-refractivity contribution is 7.45. The fraction of sp³-hybridized carbons (Fsp3) is 0.806. The summed E-state index contributed by atoms with van der Waals surface area (Å²) in [6, 6.07) is 0. The van der Waals surface area contributed by atoms with Crippen LogP contribution in [-0.4, -0.2) is 70.0 Å². The molecule has 2 unspecified atom stereocenters. The maximum atomic E-state index is 12.8. The second-order valence-electron chi connectivity index (χ2n) is 21.3. The monoisotopic (exact) mass is 1030 g/mol. The van der Waals surface area contributed by atoms with Crippen LogP contribution in [0, 0.1) is 0 Å². The number of likely N-dealkylation sites (N-methyl/N-ethyl adjacent to an activating group) is 1. The number of esters is 2. The van der Waals surface area contributed by atoms with E-state index in [1.54, 1.807) is 0 Å². The number of carbonyl (C=O) groups is 2. The Kier molecular flexibility index (Phi) is 51.8. The topological polar surface area (TPSA) is 111 Å². The Morgan fingerprint density at radius 2 is 0.792 bits per heavy atom. The number of hydrogen-bond acceptors (Lipinski definition) is 8. The Hall–Kier alpha value is -2.29. The van der Waals surface area contributed by atoms with E-state index in [9.17, 15) is 19.0 Å². The van der Waals surface area contributed by atoms with Gasteiger partial charge in [-0.25, -0.2) is 0 Å². The molecule has 2 atom stereocenters. The molecular weight excluding hydrogens is 918 g/mol. The van der Waals surface area contributed by atoms with Gasteiger partial charge in [0, 0.05) is 12.8 Å². The zero-order chi connectivity index (χ0) is 52.7. The van der Waals surface area contributed by atoms with Gasteiger partial charge < -0.3 is 27.9 Å². The third kappa shape index (κ3) is 57.0. The summed E-state index contributed by atoms with van der Waals surface area (Å²) in [4.78, 5) is 37.9. The summed E-state index contributed by atoms with van der Waals surface area (Å²) < 4.78 is 34.2. The number of ether oxygens (including phenoxy) is 2. The molecule has 0 saturated carbocycles. The molecule has 0 aliphatic carbocycles. The van der Waals surface area contributed by atoms with Crippen molar-refractivity contribution in [1.82, 2.24) is 0 Å². The first-order valence-electron chi connectivity index (χ1n) is 30.0. The van der Waals surface area contributed by atoms with Crippen molar-refractivity contribution in [3.05, 3.63) is 60.8 Å². The van der Waals surface area contributed by atoms with Crippen LogP contribution in [0.2, 0.25) is 0 Å². The average molecular weight is 1030 g/mol. The molecule has 420 valence electrons. The SMILES string of the molecule is CC/C=C\C/C=C\C/C=C\C/C=C\C/C=C\CCCCCCCCCC(=O)OC(COC(=O)CCCCCCCCCCCCCCCCCCCCCCCCCCC)COP(=O)([O-])OCC[N+](C)(C)C. The van der Waals surface area contributed by atoms with Gasteiger partial charge in [-0.3, -0.25) is 14.2 Å². The van der Waals surface area contributed by atoms with Crippen molar-refractivity contribution in [3.8, 4) is 0 Å². The van der Waals surface area contributed by atoms with Crippen molar-refractivity contribution in [1.29, 1.82) is 0 Å². The van der Waals surface area contributed by atoms with Crippen molar-refractivity contribution in [2.24, 2.45) is 0 Å². The van der Waals surface area contributed by atoms with Crippen LogP contribution in [0.5, 0.6) is 0 Å². The van der Waals surface area contributed by atoms with Crippen LogP contribution in [0.4, 0.5) is 0 Å². The molecule has 0 amide bonds. The Morgan fingerprint density at radius 1 is 0.444 bits per heavy atom. The van der Waals surface area contributed by atoms with Gasteiger partial charge >= 0.3 is 11.9 Å². The van der Waals surface area contributed by atoms with Gasteiger partial charge in [0.05, 0.1) is 27.7 Å². The molecule has 0 aliphatic heterocycles. The van der Waals surface area contributed by atoms with Crippen molar-refractivity contribution < 1.29 is 42.1 Å². The molecule has 0 spiro atoms. The fourth-order valence-corrected chi connectivity index (χ4v) is 9.18. The van der Waals surface area contributed by atoms with E-state index in [1.165, 1.54) is 161 Å². The Balaban J connectivity index is 4.15. The van der Waals surface area contributed by atoms with E-state index in [0.717, 1.165) is 77.0 Å². The smallest absolute Gasteiger partial charge is 0.306 e. The van der Waals surface area contributed by atoms with Crippen LogP contribution >= 0.6 is 7.82 Å². The van der Waals surface area contributed by atoms with Gasteiger partial charge in [-0.1, -0.05) is 261 Å². The van der Waals surface area contributed by atoms with Gasteiger partial charge in [0.2, 0.25) is 0 Å². The van der Waals surface area contributed by atoms with Gasteiger partial charge in [0.25, 0.3) is 7.82 Å². The van der Waals surface area contributed by atoms with E-state index in [4.69, 9.17) is 18.5 Å². The molecule has 9 nitrogen and oxygen atoms in total. The minimum absolute atomic E-state index is 0.0341. The highest BCUT2D eigenvalue weighted by Crippen LogP contribution is 2.38. The molecule has 0 heterocycles. The van der Waals surface area contributed by atoms with E-state index in [0.29, 0.717) is 17.4 Å². The van der Waals surface area contributed by atoms with E-state index < -0.39 is 26.5 Å². The zero-order valence-electron chi connectivity index (χ0n) is 47.6. The number of hydrogen-bond donors (Lipinski definition) is 0. The molecule has 0 aliphatic rings. The number of rotatable bonds is 55. The summed E-state index contributed by atoms with van der Waals surface area (Å²) in [6.07, 6.45) is 68.4. The Morgan fingerprint density at radius 3 is 1.18 bits per heavy atom. The summed E-state index contributed by atoms with van der Waals surface area (Å²) in [5.41, 5.74) is 0. The number of unbranched alkanes of at least 4 members (excludes halogenated alkanes) is 31. The first kappa shape index (κ1) is 69.7. The molecule has 10 heteroatoms. The summed E-state index contributed by atoms with van der Waals surface area (Å²) >= 11 is 0. The third-order valence-electron chi connectivity index (χ3n) is 13.1. The molecule has 0 radical (unpaired) electrons. The Labute approximate surface area is 445 Å². The summed E-state index contributed by atoms with van der Waals surface area (Å²) in [6.45, 7) is 4.15. The first-order chi connectivity index (χ1) is 35.0. The van der Waals surface area contributed by atoms with Crippen LogP contribution in [-0.2, 0) is 32.7 Å². The number of phosphoric ester groups is 1. The molecule has 0 N–H and O–H groups in total. The predicted octanol–water partition coefficient (Wildman–Crippen LogP) is 18.1. The van der Waals surface area contributed by atoms with Gasteiger partial charge in [0.1, 0.15) is 19.8 Å². The number of phosphoric acid groups is 1. The molecule has 0 aromatic heterocycles. The lowest BCUT2D eigenvalue weighted by Gasteiger charge is -2.28. The van der Waals surface area contributed by atoms with E-state index in [2.05, 4.69) is 74.6 Å². The molecule has 0 rings (SSSR count). The van der Waals surface area contributed by atoms with E-state index in [-0.39, 0.29) is 32.0 Å². The quantitative estimate of drug-likeness (QED) is 0.0195. The standard InChI is InChI=1S/C62H114NO8P/c1-6-8-10-12-14-16-18-20-22-24-26-28-30-31-33-34-36-38-40-42-44-46-48-50-52-54-61(64)68-58-60(59-70-72(66,67)69-57-56-63(3,4)5)71-62(65)55-53-51-49-47-45-43-41-39-37-35-32-29-27-25-23-21-19-17-15-13-11-9-7-2/h9,11,15,17,21,23,27,29,35,37,60H,6-8,10,12-14,16,18-20,22,24-26,28,30-34,36,38-59H2,1-5H3/b11-9-,17-15-,23-21-,29-27-,37-35-. The molecule has 72 heavy (non-hydrogen) atoms. The number of nitrogens with zero attached hydrogens (tertiary/aromatic N) is 1. The molecule has 0 fully saturated rings. The van der Waals surface area contributed by atoms with Crippen LogP contribution in [0.3, 0.4) is 0 Å². The Bertz CT molecular complexity index is 1400. The van der Waals surface area contributed by atoms with E-state index >= 15 is 0 Å². The highest BCUT2D eigenvalue weighted by Gasteiger charge is 2.22. The van der Waals surface area contributed by atoms with Crippen LogP contribution in [0.1, 0.15) is 271 Å². The summed E-state index contributed by atoms with van der Waals surface area (Å²) in [5.74, 6) is -0.837. The van der Waals surface area contributed by atoms with Crippen molar-refractivity contribution in [3.63, 3.8) is 0 Å². The average Bonchev–Trinajstić information content (AvgIpc) is 3.34. The molecule has 0 saturated heterocycles. The van der Waals surface area contributed by atoms with Crippen LogP contribution in [0.25, 0.3) is 0 Å². The largest absolute Gasteiger partial charge is 0.756 e. The zero-order valence-corrected chi connectivity index (χ0v) is 48.5. The molecule has 0 bridgehead atoms. The van der Waals surface area contributed by atoms with Crippen LogP contribution in [0.15, 0.2) is 60.8 Å². The van der Waals surface area contributed by atoms with Crippen LogP contribution < -0.4 is 4.89 Å². The maximum absolute atomic E-state index is 12.8. The third-order valence-corrected chi connectivity index (χ3v) is 14.0. The first-order valence-corrected chi connectivity index (χ1v) is 31.5. The second kappa shape index (κ2) is 53.5. The van der Waals surface area contributed by atoms with Crippen molar-refractivity contribution in [2.75, 3.05) is 47.5 Å². The van der Waals surface area contributed by atoms with Crippen molar-refractivity contribution in [2.45, 2.75) is 277 Å².